The first-order valence-corrected chi connectivity index (χ1v) is 24.1. The molecule has 1 N–H and O–H groups in total. The van der Waals surface area contributed by atoms with E-state index in [9.17, 15) is 27.7 Å². The maximum absolute atomic E-state index is 12.6. The van der Waals surface area contributed by atoms with Crippen LogP contribution in [0.5, 0.6) is 0 Å². The number of carbonyl (C=O) groups is 2. The zero-order valence-corrected chi connectivity index (χ0v) is 37.6. The molecule has 0 aromatic rings. The number of rotatable bonds is 39. The van der Waals surface area contributed by atoms with Crippen molar-refractivity contribution in [1.29, 1.82) is 0 Å². The molecule has 11 heteroatoms. The predicted octanol–water partition coefficient (Wildman–Crippen LogP) is 11.8. The van der Waals surface area contributed by atoms with Crippen molar-refractivity contribution in [3.63, 3.8) is 0 Å². The Morgan fingerprint density at radius 3 is 0.945 bits per heavy atom. The van der Waals surface area contributed by atoms with Crippen LogP contribution in [0.3, 0.4) is 0 Å². The van der Waals surface area contributed by atoms with Gasteiger partial charge in [-0.15, -0.1) is 0 Å². The lowest BCUT2D eigenvalue weighted by atomic mass is 10.0. The average molecular weight is 808 g/mol. The SMILES string of the molecule is CCCCCCCCCCCCCCCCCC(=O)OC(C)[N+](C)(CCO)C(C)OC(=O)CCCCCCCCCCCCCCCCC.COS(=O)(=O)[O-]. The van der Waals surface area contributed by atoms with Crippen LogP contribution in [0.4, 0.5) is 0 Å². The molecule has 0 spiro atoms. The van der Waals surface area contributed by atoms with Crippen molar-refractivity contribution >= 4 is 22.3 Å². The van der Waals surface area contributed by atoms with Gasteiger partial charge in [-0.3, -0.25) is 18.3 Å². The fourth-order valence-corrected chi connectivity index (χ4v) is 6.90. The van der Waals surface area contributed by atoms with Gasteiger partial charge in [0.05, 0.1) is 20.8 Å². The summed E-state index contributed by atoms with van der Waals surface area (Å²) in [5, 5.41) is 9.78. The first-order valence-electron chi connectivity index (χ1n) is 22.7. The van der Waals surface area contributed by atoms with E-state index in [2.05, 4.69) is 18.0 Å². The van der Waals surface area contributed by atoms with Crippen LogP contribution in [0, 0.1) is 0 Å². The molecule has 0 bridgehead atoms. The smallest absolute Gasteiger partial charge is 0.310 e. The van der Waals surface area contributed by atoms with Crippen LogP contribution in [0.2, 0.25) is 0 Å². The Morgan fingerprint density at radius 2 is 0.745 bits per heavy atom. The van der Waals surface area contributed by atoms with Gasteiger partial charge in [0.25, 0.3) is 0 Å². The molecule has 0 saturated carbocycles. The number of aliphatic hydroxyl groups excluding tert-OH is 1. The summed E-state index contributed by atoms with van der Waals surface area (Å²) in [7, 11) is -1.71. The molecule has 0 aliphatic heterocycles. The first kappa shape index (κ1) is 55.8. The van der Waals surface area contributed by atoms with Gasteiger partial charge in [0, 0.05) is 26.7 Å². The number of quaternary nitrogens is 1. The van der Waals surface area contributed by atoms with E-state index in [-0.39, 0.29) is 23.0 Å². The van der Waals surface area contributed by atoms with E-state index in [0.29, 0.717) is 19.4 Å². The van der Waals surface area contributed by atoms with Gasteiger partial charge in [-0.05, 0) is 12.8 Å². The summed E-state index contributed by atoms with van der Waals surface area (Å²) >= 11 is 0. The number of carbonyl (C=O) groups excluding carboxylic acids is 2. The molecular weight excluding hydrogens is 719 g/mol. The summed E-state index contributed by atoms with van der Waals surface area (Å²) in [6.07, 6.45) is 38.6. The Kier molecular flexibility index (Phi) is 40.1. The van der Waals surface area contributed by atoms with Gasteiger partial charge in [0.2, 0.25) is 22.9 Å². The van der Waals surface area contributed by atoms with Gasteiger partial charge in [-0.25, -0.2) is 8.42 Å². The standard InChI is InChI=1S/C43H86NO5.CH4O4S/c1-6-8-10-12-14-16-18-20-22-24-26-28-30-32-34-36-42(46)48-40(3)44(5,38-39-45)41(4)49-43(47)37-35-33-31-29-27-25-23-21-19-17-15-13-11-9-7-2;1-5-6(2,3)4/h40-41,45H,6-39H2,1-5H3;1H3,(H,2,3,4)/q+1;/p-1. The number of hydrogen-bond acceptors (Lipinski definition) is 9. The van der Waals surface area contributed by atoms with Crippen LogP contribution in [-0.2, 0) is 33.6 Å². The second kappa shape index (κ2) is 39.6. The van der Waals surface area contributed by atoms with Crippen molar-refractivity contribution in [2.45, 2.75) is 246 Å². The van der Waals surface area contributed by atoms with Crippen molar-refractivity contribution < 1.29 is 45.8 Å². The van der Waals surface area contributed by atoms with E-state index < -0.39 is 22.9 Å². The van der Waals surface area contributed by atoms with E-state index in [1.54, 1.807) is 0 Å². The molecule has 0 aliphatic carbocycles. The summed E-state index contributed by atoms with van der Waals surface area (Å²) in [6, 6.07) is 0. The second-order valence-electron chi connectivity index (χ2n) is 15.9. The lowest BCUT2D eigenvalue weighted by molar-refractivity contribution is -0.987. The summed E-state index contributed by atoms with van der Waals surface area (Å²) in [6.45, 7) is 8.52. The highest BCUT2D eigenvalue weighted by Gasteiger charge is 2.39. The number of hydrogen-bond donors (Lipinski definition) is 1. The first-order chi connectivity index (χ1) is 26.4. The Hall–Kier alpha value is -1.27. The van der Waals surface area contributed by atoms with Gasteiger partial charge < -0.3 is 19.1 Å². The minimum Gasteiger partial charge on any atom is -0.726 e. The van der Waals surface area contributed by atoms with E-state index in [4.69, 9.17) is 9.47 Å². The third kappa shape index (κ3) is 38.0. The van der Waals surface area contributed by atoms with E-state index in [1.807, 2.05) is 20.9 Å². The lowest BCUT2D eigenvalue weighted by Gasteiger charge is -2.42. The summed E-state index contributed by atoms with van der Waals surface area (Å²) in [5.74, 6) is -0.415. The van der Waals surface area contributed by atoms with Crippen molar-refractivity contribution in [3.8, 4) is 0 Å². The zero-order chi connectivity index (χ0) is 41.5. The normalized spacial score (nSPS) is 13.7. The van der Waals surface area contributed by atoms with Crippen LogP contribution >= 0.6 is 0 Å². The van der Waals surface area contributed by atoms with E-state index >= 15 is 0 Å². The zero-order valence-electron chi connectivity index (χ0n) is 36.8. The van der Waals surface area contributed by atoms with Crippen molar-refractivity contribution in [3.05, 3.63) is 0 Å². The van der Waals surface area contributed by atoms with E-state index in [0.717, 1.165) is 32.8 Å². The quantitative estimate of drug-likeness (QED) is 0.0160. The molecule has 0 saturated heterocycles. The third-order valence-corrected chi connectivity index (χ3v) is 11.4. The van der Waals surface area contributed by atoms with Gasteiger partial charge in [-0.1, -0.05) is 194 Å². The van der Waals surface area contributed by atoms with Crippen molar-refractivity contribution in [2.75, 3.05) is 27.3 Å². The number of aliphatic hydroxyl groups is 1. The molecule has 330 valence electrons. The molecule has 2 atom stereocenters. The molecule has 0 radical (unpaired) electrons. The number of ether oxygens (including phenoxy) is 2. The van der Waals surface area contributed by atoms with E-state index in [1.165, 1.54) is 167 Å². The Bertz CT molecular complexity index is 909. The molecular formula is C44H89NO9S. The van der Waals surface area contributed by atoms with Crippen molar-refractivity contribution in [1.82, 2.24) is 0 Å². The molecule has 0 aliphatic rings. The maximum atomic E-state index is 12.6. The molecule has 10 nitrogen and oxygen atoms in total. The Labute approximate surface area is 340 Å². The lowest BCUT2D eigenvalue weighted by Crippen LogP contribution is -2.60. The molecule has 2 unspecified atom stereocenters. The Morgan fingerprint density at radius 1 is 0.527 bits per heavy atom. The molecule has 55 heavy (non-hydrogen) atoms. The highest BCUT2D eigenvalue weighted by atomic mass is 32.3. The summed E-state index contributed by atoms with van der Waals surface area (Å²) in [5.41, 5.74) is 0. The molecule has 0 heterocycles. The molecule has 0 aromatic carbocycles. The number of esters is 2. The highest BCUT2D eigenvalue weighted by molar-refractivity contribution is 7.80. The average Bonchev–Trinajstić information content (AvgIpc) is 3.14. The molecule has 0 amide bonds. The van der Waals surface area contributed by atoms with Crippen LogP contribution in [-0.4, -0.2) is 74.3 Å². The van der Waals surface area contributed by atoms with Gasteiger partial charge >= 0.3 is 11.9 Å². The third-order valence-electron chi connectivity index (χ3n) is 11.0. The van der Waals surface area contributed by atoms with Crippen LogP contribution in [0.15, 0.2) is 0 Å². The fourth-order valence-electron chi connectivity index (χ4n) is 6.90. The minimum absolute atomic E-state index is 0.0711. The second-order valence-corrected chi connectivity index (χ2v) is 17.1. The summed E-state index contributed by atoms with van der Waals surface area (Å²) < 4.78 is 42.8. The summed E-state index contributed by atoms with van der Waals surface area (Å²) in [4.78, 5) is 25.3. The minimum atomic E-state index is -4.41. The predicted molar refractivity (Wildman–Crippen MR) is 225 cm³/mol. The van der Waals surface area contributed by atoms with Gasteiger partial charge in [0.15, 0.2) is 0 Å². The van der Waals surface area contributed by atoms with Gasteiger partial charge in [-0.2, -0.15) is 0 Å². The van der Waals surface area contributed by atoms with Crippen LogP contribution in [0.1, 0.15) is 233 Å². The largest absolute Gasteiger partial charge is 0.726 e. The monoisotopic (exact) mass is 808 g/mol. The molecule has 0 fully saturated rings. The van der Waals surface area contributed by atoms with Gasteiger partial charge in [0.1, 0.15) is 6.54 Å². The topological polar surface area (TPSA) is 139 Å². The number of nitrogens with zero attached hydrogens (tertiary/aromatic N) is 1. The van der Waals surface area contributed by atoms with Crippen LogP contribution in [0.25, 0.3) is 0 Å². The highest BCUT2D eigenvalue weighted by Crippen LogP contribution is 2.21. The molecule has 0 aromatic heterocycles. The maximum Gasteiger partial charge on any atom is 0.310 e. The number of likely N-dealkylation sites (N-methyl/N-ethyl adjacent to an activating group) is 1. The number of unbranched alkanes of at least 4 members (excludes halogenated alkanes) is 28. The molecule has 0 rings (SSSR count). The fraction of sp³-hybridized carbons (Fsp3) is 0.955. The Balaban J connectivity index is 0. The van der Waals surface area contributed by atoms with Crippen LogP contribution < -0.4 is 0 Å². The van der Waals surface area contributed by atoms with Crippen molar-refractivity contribution in [2.24, 2.45) is 0 Å².